The van der Waals surface area contributed by atoms with Crippen LogP contribution in [0.3, 0.4) is 0 Å². The number of carbonyl (C=O) groups excluding carboxylic acids is 1. The number of nitrogens with one attached hydrogen (secondary N) is 2. The van der Waals surface area contributed by atoms with E-state index in [2.05, 4.69) is 20.2 Å². The van der Waals surface area contributed by atoms with Gasteiger partial charge in [-0.05, 0) is 31.9 Å². The highest BCUT2D eigenvalue weighted by molar-refractivity contribution is 7.89. The third-order valence-electron chi connectivity index (χ3n) is 6.74. The Morgan fingerprint density at radius 1 is 1.15 bits per heavy atom. The smallest absolute Gasteiger partial charge is 0.260 e. The van der Waals surface area contributed by atoms with Crippen LogP contribution >= 0.6 is 0 Å². The highest BCUT2D eigenvalue weighted by atomic mass is 32.2. The summed E-state index contributed by atoms with van der Waals surface area (Å²) in [4.78, 5) is 21.6. The molecule has 0 unspecified atom stereocenters. The number of aromatic amines is 1. The first-order valence-electron chi connectivity index (χ1n) is 11.2. The van der Waals surface area contributed by atoms with Crippen LogP contribution in [0, 0.1) is 18.6 Å². The van der Waals surface area contributed by atoms with Gasteiger partial charge in [-0.2, -0.15) is 4.31 Å². The fourth-order valence-electron chi connectivity index (χ4n) is 4.90. The zero-order valence-electron chi connectivity index (χ0n) is 18.6. The minimum Gasteiger partial charge on any atom is -0.350 e. The summed E-state index contributed by atoms with van der Waals surface area (Å²) in [6.07, 6.45) is 6.19. The van der Waals surface area contributed by atoms with Crippen molar-refractivity contribution in [3.8, 4) is 0 Å². The van der Waals surface area contributed by atoms with E-state index in [1.54, 1.807) is 6.92 Å². The summed E-state index contributed by atoms with van der Waals surface area (Å²) in [6.45, 7) is 3.77. The standard InChI is InChI=1S/C22H29F2N5O3S/c1-16-25-14-20(27-16)33(31,32)29-11-9-28(10-12-29)22(7-3-2-4-8-22)15-26-21(30)18-6-5-17(23)13-19(18)24/h5-6,13-14H,2-4,7-12,15H2,1H3,(H,25,27)(H,26,30). The number of piperazine rings is 1. The minimum atomic E-state index is -3.64. The number of amides is 1. The molecule has 2 heterocycles. The molecular weight excluding hydrogens is 452 g/mol. The van der Waals surface area contributed by atoms with Crippen LogP contribution in [0.5, 0.6) is 0 Å². The zero-order chi connectivity index (χ0) is 23.6. The molecule has 1 saturated heterocycles. The first-order valence-corrected chi connectivity index (χ1v) is 12.7. The van der Waals surface area contributed by atoms with Crippen LogP contribution in [0.4, 0.5) is 8.78 Å². The van der Waals surface area contributed by atoms with Gasteiger partial charge in [0.25, 0.3) is 15.9 Å². The lowest BCUT2D eigenvalue weighted by Gasteiger charge is -2.49. The van der Waals surface area contributed by atoms with Gasteiger partial charge >= 0.3 is 0 Å². The predicted octanol–water partition coefficient (Wildman–Crippen LogP) is 2.44. The van der Waals surface area contributed by atoms with E-state index < -0.39 is 27.6 Å². The summed E-state index contributed by atoms with van der Waals surface area (Å²) in [5, 5.41) is 2.94. The van der Waals surface area contributed by atoms with Crippen LogP contribution in [0.15, 0.2) is 29.4 Å². The van der Waals surface area contributed by atoms with Gasteiger partial charge in [-0.15, -0.1) is 0 Å². The maximum absolute atomic E-state index is 14.0. The number of H-pyrrole nitrogens is 1. The van der Waals surface area contributed by atoms with Crippen LogP contribution < -0.4 is 5.32 Å². The number of hydrogen-bond donors (Lipinski definition) is 2. The number of hydrogen-bond acceptors (Lipinski definition) is 5. The first-order chi connectivity index (χ1) is 15.7. The number of carbonyl (C=O) groups is 1. The summed E-state index contributed by atoms with van der Waals surface area (Å²) >= 11 is 0. The van der Waals surface area contributed by atoms with E-state index >= 15 is 0 Å². The van der Waals surface area contributed by atoms with Crippen molar-refractivity contribution < 1.29 is 22.0 Å². The van der Waals surface area contributed by atoms with Crippen LogP contribution in [0.25, 0.3) is 0 Å². The molecule has 0 atom stereocenters. The van der Waals surface area contributed by atoms with Gasteiger partial charge in [0, 0.05) is 44.3 Å². The summed E-state index contributed by atoms with van der Waals surface area (Å²) in [5.41, 5.74) is -0.502. The molecule has 0 bridgehead atoms. The van der Waals surface area contributed by atoms with Gasteiger partial charge in [-0.1, -0.05) is 19.3 Å². The molecule has 1 amide bonds. The minimum absolute atomic E-state index is 0.0921. The maximum atomic E-state index is 14.0. The lowest BCUT2D eigenvalue weighted by Crippen LogP contribution is -2.62. The van der Waals surface area contributed by atoms with E-state index in [4.69, 9.17) is 0 Å². The van der Waals surface area contributed by atoms with Crippen molar-refractivity contribution in [3.63, 3.8) is 0 Å². The molecule has 8 nitrogen and oxygen atoms in total. The van der Waals surface area contributed by atoms with E-state index in [1.807, 2.05) is 0 Å². The number of benzene rings is 1. The van der Waals surface area contributed by atoms with Crippen LogP contribution in [0.2, 0.25) is 0 Å². The third-order valence-corrected chi connectivity index (χ3v) is 8.55. The molecule has 2 N–H and O–H groups in total. The molecule has 180 valence electrons. The summed E-state index contributed by atoms with van der Waals surface area (Å²) in [7, 11) is -3.64. The van der Waals surface area contributed by atoms with Crippen molar-refractivity contribution in [2.45, 2.75) is 49.6 Å². The summed E-state index contributed by atoms with van der Waals surface area (Å²) in [6, 6.07) is 2.91. The molecule has 2 aromatic rings. The van der Waals surface area contributed by atoms with Gasteiger partial charge in [0.2, 0.25) is 0 Å². The molecule has 11 heteroatoms. The van der Waals surface area contributed by atoms with Gasteiger partial charge in [-0.25, -0.2) is 22.2 Å². The zero-order valence-corrected chi connectivity index (χ0v) is 19.4. The lowest BCUT2D eigenvalue weighted by molar-refractivity contribution is 0.0239. The van der Waals surface area contributed by atoms with Crippen molar-refractivity contribution in [1.82, 2.24) is 24.5 Å². The van der Waals surface area contributed by atoms with Crippen molar-refractivity contribution in [3.05, 3.63) is 47.4 Å². The molecule has 1 aromatic carbocycles. The largest absolute Gasteiger partial charge is 0.350 e. The Hall–Kier alpha value is -2.37. The second-order valence-corrected chi connectivity index (χ2v) is 10.7. The fraction of sp³-hybridized carbons (Fsp3) is 0.545. The normalized spacial score (nSPS) is 20.0. The average molecular weight is 482 g/mol. The molecule has 2 aliphatic rings. The maximum Gasteiger partial charge on any atom is 0.260 e. The molecule has 1 aliphatic carbocycles. The Kier molecular flexibility index (Phi) is 6.83. The van der Waals surface area contributed by atoms with Crippen molar-refractivity contribution in [2.75, 3.05) is 32.7 Å². The number of imidazole rings is 1. The van der Waals surface area contributed by atoms with Crippen molar-refractivity contribution in [1.29, 1.82) is 0 Å². The molecular formula is C22H29F2N5O3S. The molecule has 2 fully saturated rings. The van der Waals surface area contributed by atoms with Crippen LogP contribution in [0.1, 0.15) is 48.3 Å². The number of halogens is 2. The quantitative estimate of drug-likeness (QED) is 0.661. The first kappa shape index (κ1) is 23.8. The molecule has 33 heavy (non-hydrogen) atoms. The number of sulfonamides is 1. The topological polar surface area (TPSA) is 98.4 Å². The van der Waals surface area contributed by atoms with Crippen molar-refractivity contribution >= 4 is 15.9 Å². The Morgan fingerprint density at radius 3 is 2.45 bits per heavy atom. The number of aryl methyl sites for hydroxylation is 1. The Morgan fingerprint density at radius 2 is 1.85 bits per heavy atom. The van der Waals surface area contributed by atoms with Gasteiger partial charge in [0.1, 0.15) is 17.5 Å². The van der Waals surface area contributed by atoms with E-state index in [0.717, 1.165) is 44.2 Å². The molecule has 1 aliphatic heterocycles. The fourth-order valence-corrected chi connectivity index (χ4v) is 6.28. The lowest BCUT2D eigenvalue weighted by atomic mass is 9.79. The highest BCUT2D eigenvalue weighted by Crippen LogP contribution is 2.34. The molecule has 0 radical (unpaired) electrons. The number of aromatic nitrogens is 2. The van der Waals surface area contributed by atoms with Gasteiger partial charge in [0.15, 0.2) is 5.03 Å². The van der Waals surface area contributed by atoms with Crippen LogP contribution in [-0.4, -0.2) is 71.8 Å². The Balaban J connectivity index is 1.44. The molecule has 1 saturated carbocycles. The van der Waals surface area contributed by atoms with Crippen molar-refractivity contribution in [2.24, 2.45) is 0 Å². The van der Waals surface area contributed by atoms with Gasteiger partial charge in [-0.3, -0.25) is 9.69 Å². The number of nitrogens with zero attached hydrogens (tertiary/aromatic N) is 3. The molecule has 0 spiro atoms. The number of rotatable bonds is 6. The monoisotopic (exact) mass is 481 g/mol. The van der Waals surface area contributed by atoms with E-state index in [9.17, 15) is 22.0 Å². The van der Waals surface area contributed by atoms with Gasteiger partial charge < -0.3 is 10.3 Å². The van der Waals surface area contributed by atoms with E-state index in [1.165, 1.54) is 10.5 Å². The van der Waals surface area contributed by atoms with Crippen LogP contribution in [-0.2, 0) is 10.0 Å². The summed E-state index contributed by atoms with van der Waals surface area (Å²) in [5.74, 6) is -1.65. The second kappa shape index (κ2) is 9.47. The molecule has 1 aromatic heterocycles. The van der Waals surface area contributed by atoms with E-state index in [0.29, 0.717) is 44.6 Å². The predicted molar refractivity (Wildman–Crippen MR) is 118 cm³/mol. The Bertz CT molecular complexity index is 1110. The highest BCUT2D eigenvalue weighted by Gasteiger charge is 2.41. The summed E-state index contributed by atoms with van der Waals surface area (Å²) < 4.78 is 54.5. The van der Waals surface area contributed by atoms with E-state index in [-0.39, 0.29) is 16.1 Å². The second-order valence-electron chi connectivity index (χ2n) is 8.82. The SMILES string of the molecule is Cc1ncc(S(=O)(=O)N2CCN(C3(CNC(=O)c4ccc(F)cc4F)CCCCC3)CC2)[nH]1. The van der Waals surface area contributed by atoms with Gasteiger partial charge in [0.05, 0.1) is 11.8 Å². The molecule has 4 rings (SSSR count). The third kappa shape index (κ3) is 4.95. The Labute approximate surface area is 192 Å². The average Bonchev–Trinajstić information content (AvgIpc) is 3.25.